The maximum Gasteiger partial charge on any atom is 0.0575 e. The quantitative estimate of drug-likeness (QED) is 0.220. The third-order valence-electron chi connectivity index (χ3n) is 4.18. The molecule has 1 aliphatic heterocycles. The Kier molecular flexibility index (Phi) is 12.8. The Labute approximate surface area is 134 Å². The van der Waals surface area contributed by atoms with E-state index in [0.717, 1.165) is 6.61 Å². The summed E-state index contributed by atoms with van der Waals surface area (Å²) in [4.78, 5) is 0. The van der Waals surface area contributed by atoms with Gasteiger partial charge in [0.1, 0.15) is 0 Å². The molecular weight excluding hydrogens is 347 g/mol. The Balaban J connectivity index is 1.71. The Bertz CT molecular complexity index is 178. The minimum atomic E-state index is 0.603. The van der Waals surface area contributed by atoms with Crippen molar-refractivity contribution in [2.24, 2.45) is 0 Å². The van der Waals surface area contributed by atoms with Crippen molar-refractivity contribution in [2.45, 2.75) is 96.0 Å². The summed E-state index contributed by atoms with van der Waals surface area (Å²) in [6, 6.07) is 0. The average Bonchev–Trinajstić information content (AvgIpc) is 2.46. The molecule has 0 aromatic carbocycles. The molecule has 0 aromatic heterocycles. The molecule has 1 aliphatic rings. The van der Waals surface area contributed by atoms with Gasteiger partial charge in [0.15, 0.2) is 0 Å². The first kappa shape index (κ1) is 17.7. The van der Waals surface area contributed by atoms with E-state index >= 15 is 0 Å². The van der Waals surface area contributed by atoms with E-state index in [1.165, 1.54) is 94.3 Å². The molecule has 0 aliphatic carbocycles. The van der Waals surface area contributed by atoms with Crippen LogP contribution in [0.5, 0.6) is 0 Å². The van der Waals surface area contributed by atoms with Crippen LogP contribution in [-0.4, -0.2) is 17.1 Å². The molecule has 114 valence electrons. The average molecular weight is 380 g/mol. The van der Waals surface area contributed by atoms with Crippen molar-refractivity contribution in [1.29, 1.82) is 0 Å². The molecule has 0 amide bonds. The fourth-order valence-corrected chi connectivity index (χ4v) is 3.46. The summed E-state index contributed by atoms with van der Waals surface area (Å²) in [6.45, 7) is 1.02. The van der Waals surface area contributed by atoms with Crippen molar-refractivity contribution in [3.05, 3.63) is 0 Å². The van der Waals surface area contributed by atoms with Gasteiger partial charge in [-0.1, -0.05) is 80.4 Å². The van der Waals surface area contributed by atoms with E-state index < -0.39 is 0 Å². The molecule has 0 aromatic rings. The molecule has 1 rings (SSSR count). The topological polar surface area (TPSA) is 9.23 Å². The highest BCUT2D eigenvalue weighted by Crippen LogP contribution is 2.19. The number of hydrogen-bond acceptors (Lipinski definition) is 1. The lowest BCUT2D eigenvalue weighted by molar-refractivity contribution is 0.00977. The molecule has 0 spiro atoms. The molecule has 0 radical (unpaired) electrons. The third kappa shape index (κ3) is 11.1. The van der Waals surface area contributed by atoms with E-state index in [4.69, 9.17) is 4.74 Å². The number of hydrogen-bond donors (Lipinski definition) is 0. The van der Waals surface area contributed by atoms with Gasteiger partial charge in [0.05, 0.1) is 6.10 Å². The van der Waals surface area contributed by atoms with E-state index in [9.17, 15) is 0 Å². The molecule has 0 bridgehead atoms. The summed E-state index contributed by atoms with van der Waals surface area (Å²) >= 11 is 2.48. The highest BCUT2D eigenvalue weighted by atomic mass is 127. The van der Waals surface area contributed by atoms with Gasteiger partial charge in [0.25, 0.3) is 0 Å². The van der Waals surface area contributed by atoms with Crippen LogP contribution < -0.4 is 0 Å². The van der Waals surface area contributed by atoms with Crippen LogP contribution in [0, 0.1) is 0 Å². The summed E-state index contributed by atoms with van der Waals surface area (Å²) in [5.41, 5.74) is 0. The zero-order valence-corrected chi connectivity index (χ0v) is 14.8. The lowest BCUT2D eigenvalue weighted by atomic mass is 10.0. The van der Waals surface area contributed by atoms with Gasteiger partial charge < -0.3 is 4.74 Å². The van der Waals surface area contributed by atoms with Crippen LogP contribution >= 0.6 is 22.6 Å². The van der Waals surface area contributed by atoms with Crippen molar-refractivity contribution in [3.8, 4) is 0 Å². The van der Waals surface area contributed by atoms with Gasteiger partial charge in [-0.25, -0.2) is 0 Å². The second kappa shape index (κ2) is 13.7. The summed E-state index contributed by atoms with van der Waals surface area (Å²) < 4.78 is 7.11. The Morgan fingerprint density at radius 2 is 1.32 bits per heavy atom. The van der Waals surface area contributed by atoms with Gasteiger partial charge in [0.2, 0.25) is 0 Å². The first-order chi connectivity index (χ1) is 9.43. The van der Waals surface area contributed by atoms with Gasteiger partial charge in [-0.2, -0.15) is 0 Å². The van der Waals surface area contributed by atoms with Crippen molar-refractivity contribution < 1.29 is 4.74 Å². The second-order valence-corrected chi connectivity index (χ2v) is 7.08. The van der Waals surface area contributed by atoms with E-state index in [0.29, 0.717) is 6.10 Å². The van der Waals surface area contributed by atoms with Crippen LogP contribution in [0.15, 0.2) is 0 Å². The second-order valence-electron chi connectivity index (χ2n) is 6.00. The zero-order valence-electron chi connectivity index (χ0n) is 12.7. The molecule has 0 saturated carbocycles. The van der Waals surface area contributed by atoms with Gasteiger partial charge in [-0.3, -0.25) is 0 Å². The molecular formula is C17H33IO. The predicted molar refractivity (Wildman–Crippen MR) is 93.3 cm³/mol. The number of unbranched alkanes of at least 4 members (excludes halogenated alkanes) is 9. The molecule has 1 heterocycles. The first-order valence-electron chi connectivity index (χ1n) is 8.61. The molecule has 1 saturated heterocycles. The van der Waals surface area contributed by atoms with Gasteiger partial charge in [-0.15, -0.1) is 0 Å². The summed E-state index contributed by atoms with van der Waals surface area (Å²) in [6.07, 6.45) is 20.4. The molecule has 19 heavy (non-hydrogen) atoms. The van der Waals surface area contributed by atoms with Crippen LogP contribution in [0.1, 0.15) is 89.9 Å². The van der Waals surface area contributed by atoms with E-state index in [-0.39, 0.29) is 0 Å². The highest BCUT2D eigenvalue weighted by Gasteiger charge is 2.12. The standard InChI is InChI=1S/C17H33IO/c18-15-11-8-6-4-2-1-3-5-7-9-13-17-14-10-12-16-19-17/h17H,1-16H2. The lowest BCUT2D eigenvalue weighted by Gasteiger charge is -2.22. The number of alkyl halides is 1. The maximum absolute atomic E-state index is 5.77. The molecule has 1 nitrogen and oxygen atoms in total. The minimum absolute atomic E-state index is 0.603. The van der Waals surface area contributed by atoms with Gasteiger partial charge in [0, 0.05) is 6.61 Å². The predicted octanol–water partition coefficient (Wildman–Crippen LogP) is 6.28. The number of ether oxygens (including phenoxy) is 1. The Morgan fingerprint density at radius 1 is 0.737 bits per heavy atom. The highest BCUT2D eigenvalue weighted by molar-refractivity contribution is 14.1. The number of halogens is 1. The smallest absolute Gasteiger partial charge is 0.0575 e. The van der Waals surface area contributed by atoms with E-state index in [2.05, 4.69) is 22.6 Å². The fraction of sp³-hybridized carbons (Fsp3) is 1.00. The molecule has 1 atom stereocenters. The Morgan fingerprint density at radius 3 is 1.84 bits per heavy atom. The molecule has 1 fully saturated rings. The normalized spacial score (nSPS) is 19.7. The lowest BCUT2D eigenvalue weighted by Crippen LogP contribution is -2.18. The van der Waals surface area contributed by atoms with E-state index in [1.54, 1.807) is 0 Å². The van der Waals surface area contributed by atoms with Crippen LogP contribution in [0.25, 0.3) is 0 Å². The number of rotatable bonds is 12. The van der Waals surface area contributed by atoms with Crippen LogP contribution in [0.2, 0.25) is 0 Å². The zero-order chi connectivity index (χ0) is 13.6. The largest absolute Gasteiger partial charge is 0.378 e. The van der Waals surface area contributed by atoms with Crippen LogP contribution in [0.3, 0.4) is 0 Å². The van der Waals surface area contributed by atoms with Gasteiger partial charge >= 0.3 is 0 Å². The monoisotopic (exact) mass is 380 g/mol. The first-order valence-corrected chi connectivity index (χ1v) is 10.1. The molecule has 1 unspecified atom stereocenters. The fourth-order valence-electron chi connectivity index (χ4n) is 2.92. The Hall–Kier alpha value is 0.690. The van der Waals surface area contributed by atoms with Crippen molar-refractivity contribution in [1.82, 2.24) is 0 Å². The SMILES string of the molecule is ICCCCCCCCCCCCC1CCCCO1. The summed E-state index contributed by atoms with van der Waals surface area (Å²) in [5.74, 6) is 0. The molecule has 0 N–H and O–H groups in total. The summed E-state index contributed by atoms with van der Waals surface area (Å²) in [5, 5.41) is 0. The minimum Gasteiger partial charge on any atom is -0.378 e. The van der Waals surface area contributed by atoms with E-state index in [1.807, 2.05) is 0 Å². The van der Waals surface area contributed by atoms with Crippen molar-refractivity contribution in [3.63, 3.8) is 0 Å². The van der Waals surface area contributed by atoms with Gasteiger partial charge in [-0.05, 0) is 36.5 Å². The third-order valence-corrected chi connectivity index (χ3v) is 4.95. The van der Waals surface area contributed by atoms with Crippen LogP contribution in [-0.2, 0) is 4.74 Å². The van der Waals surface area contributed by atoms with Crippen molar-refractivity contribution in [2.75, 3.05) is 11.0 Å². The van der Waals surface area contributed by atoms with Crippen LogP contribution in [0.4, 0.5) is 0 Å². The summed E-state index contributed by atoms with van der Waals surface area (Å²) in [7, 11) is 0. The van der Waals surface area contributed by atoms with Crippen molar-refractivity contribution >= 4 is 22.6 Å². The molecule has 2 heteroatoms. The maximum atomic E-state index is 5.77.